The molecule has 102 valence electrons. The van der Waals surface area contributed by atoms with Gasteiger partial charge in [0.25, 0.3) is 0 Å². The van der Waals surface area contributed by atoms with E-state index in [-0.39, 0.29) is 0 Å². The maximum Gasteiger partial charge on any atom is 0.360 e. The van der Waals surface area contributed by atoms with Gasteiger partial charge in [0.15, 0.2) is 5.69 Å². The van der Waals surface area contributed by atoms with Gasteiger partial charge in [-0.1, -0.05) is 0 Å². The van der Waals surface area contributed by atoms with Crippen LogP contribution in [0.15, 0.2) is 11.7 Å². The summed E-state index contributed by atoms with van der Waals surface area (Å²) in [6.45, 7) is 4.68. The third-order valence-electron chi connectivity index (χ3n) is 2.59. The van der Waals surface area contributed by atoms with Crippen LogP contribution in [0.3, 0.4) is 0 Å². The van der Waals surface area contributed by atoms with Gasteiger partial charge in [0, 0.05) is 25.4 Å². The van der Waals surface area contributed by atoms with Gasteiger partial charge < -0.3 is 10.1 Å². The molecule has 2 heterocycles. The largest absolute Gasteiger partial charge is 0.461 e. The van der Waals surface area contributed by atoms with Crippen LogP contribution in [-0.4, -0.2) is 27.3 Å². The molecular weight excluding hydrogens is 264 g/mol. The van der Waals surface area contributed by atoms with Crippen LogP contribution in [-0.2, 0) is 18.3 Å². The van der Waals surface area contributed by atoms with E-state index in [1.165, 1.54) is 11.3 Å². The maximum atomic E-state index is 11.7. The summed E-state index contributed by atoms with van der Waals surface area (Å²) in [6, 6.07) is 0. The van der Waals surface area contributed by atoms with Gasteiger partial charge in [-0.3, -0.25) is 4.68 Å². The first-order chi connectivity index (χ1) is 9.11. The number of anilines is 1. The van der Waals surface area contributed by atoms with E-state index < -0.39 is 5.97 Å². The zero-order valence-corrected chi connectivity index (χ0v) is 12.0. The summed E-state index contributed by atoms with van der Waals surface area (Å²) in [5, 5.41) is 8.20. The van der Waals surface area contributed by atoms with Crippen LogP contribution in [0.25, 0.3) is 0 Å². The molecule has 1 N–H and O–H groups in total. The minimum atomic E-state index is -0.394. The number of esters is 1. The summed E-state index contributed by atoms with van der Waals surface area (Å²) in [4.78, 5) is 15.7. The molecule has 0 radical (unpaired) electrons. The van der Waals surface area contributed by atoms with Crippen LogP contribution in [0.2, 0.25) is 0 Å². The summed E-state index contributed by atoms with van der Waals surface area (Å²) in [7, 11) is 1.88. The number of thiazole rings is 1. The Morgan fingerprint density at radius 3 is 3.00 bits per heavy atom. The highest BCUT2D eigenvalue weighted by molar-refractivity contribution is 7.14. The fourth-order valence-electron chi connectivity index (χ4n) is 1.71. The van der Waals surface area contributed by atoms with Crippen LogP contribution in [0.1, 0.15) is 28.7 Å². The summed E-state index contributed by atoms with van der Waals surface area (Å²) in [5.74, 6) is -0.394. The minimum Gasteiger partial charge on any atom is -0.461 e. The van der Waals surface area contributed by atoms with Gasteiger partial charge in [-0.05, 0) is 13.8 Å². The number of nitrogens with one attached hydrogen (secondary N) is 1. The number of carbonyl (C=O) groups excluding carboxylic acids is 1. The normalized spacial score (nSPS) is 10.5. The van der Waals surface area contributed by atoms with E-state index in [1.54, 1.807) is 17.1 Å². The second-order valence-corrected chi connectivity index (χ2v) is 4.87. The van der Waals surface area contributed by atoms with Gasteiger partial charge in [0.1, 0.15) is 5.00 Å². The summed E-state index contributed by atoms with van der Waals surface area (Å²) >= 11 is 1.39. The highest BCUT2D eigenvalue weighted by Crippen LogP contribution is 2.22. The molecule has 0 amide bonds. The van der Waals surface area contributed by atoms with Crippen molar-refractivity contribution in [1.29, 1.82) is 0 Å². The Hall–Kier alpha value is -1.89. The average molecular weight is 280 g/mol. The Morgan fingerprint density at radius 1 is 1.58 bits per heavy atom. The number of aromatic nitrogens is 3. The number of aryl methyl sites for hydroxylation is 2. The predicted molar refractivity (Wildman–Crippen MR) is 73.3 cm³/mol. The molecule has 19 heavy (non-hydrogen) atoms. The average Bonchev–Trinajstić information content (AvgIpc) is 2.93. The summed E-state index contributed by atoms with van der Waals surface area (Å²) in [6.07, 6.45) is 1.95. The van der Waals surface area contributed by atoms with Crippen molar-refractivity contribution >= 4 is 22.3 Å². The van der Waals surface area contributed by atoms with Crippen molar-refractivity contribution in [2.24, 2.45) is 7.05 Å². The molecule has 2 rings (SSSR count). The maximum absolute atomic E-state index is 11.7. The van der Waals surface area contributed by atoms with Gasteiger partial charge in [-0.2, -0.15) is 5.10 Å². The first-order valence-electron chi connectivity index (χ1n) is 5.95. The summed E-state index contributed by atoms with van der Waals surface area (Å²) < 4.78 is 6.72. The lowest BCUT2D eigenvalue weighted by atomic mass is 10.2. The molecular formula is C12H16N4O2S. The Labute approximate surface area is 115 Å². The van der Waals surface area contributed by atoms with E-state index in [2.05, 4.69) is 15.4 Å². The van der Waals surface area contributed by atoms with E-state index in [0.717, 1.165) is 16.3 Å². The smallest absolute Gasteiger partial charge is 0.360 e. The van der Waals surface area contributed by atoms with Crippen molar-refractivity contribution in [1.82, 2.24) is 14.8 Å². The van der Waals surface area contributed by atoms with Crippen molar-refractivity contribution < 1.29 is 9.53 Å². The highest BCUT2D eigenvalue weighted by atomic mass is 32.1. The summed E-state index contributed by atoms with van der Waals surface area (Å²) in [5.41, 5.74) is 4.03. The monoisotopic (exact) mass is 280 g/mol. The van der Waals surface area contributed by atoms with E-state index in [4.69, 9.17) is 4.74 Å². The van der Waals surface area contributed by atoms with E-state index in [1.807, 2.05) is 20.2 Å². The lowest BCUT2D eigenvalue weighted by Gasteiger charge is -2.05. The van der Waals surface area contributed by atoms with Crippen LogP contribution in [0.4, 0.5) is 5.00 Å². The molecule has 0 unspecified atom stereocenters. The Kier molecular flexibility index (Phi) is 4.16. The molecule has 0 fully saturated rings. The van der Waals surface area contributed by atoms with Crippen molar-refractivity contribution in [3.8, 4) is 0 Å². The highest BCUT2D eigenvalue weighted by Gasteiger charge is 2.16. The Balaban J connectivity index is 2.06. The van der Waals surface area contributed by atoms with E-state index in [0.29, 0.717) is 18.8 Å². The Bertz CT molecular complexity index is 576. The fraction of sp³-hybridized carbons (Fsp3) is 0.417. The standard InChI is InChI=1S/C12H16N4O2S/c1-4-18-12(17)10-11(19-7-14-10)13-5-9-6-16(3)15-8(9)2/h6-7,13H,4-5H2,1-3H3. The molecule has 0 aliphatic carbocycles. The second-order valence-electron chi connectivity index (χ2n) is 4.02. The van der Waals surface area contributed by atoms with Crippen molar-refractivity contribution in [2.75, 3.05) is 11.9 Å². The number of nitrogens with zero attached hydrogens (tertiary/aromatic N) is 3. The van der Waals surface area contributed by atoms with Crippen LogP contribution in [0.5, 0.6) is 0 Å². The molecule has 2 aromatic rings. The minimum absolute atomic E-state index is 0.341. The lowest BCUT2D eigenvalue weighted by molar-refractivity contribution is 0.0521. The molecule has 0 atom stereocenters. The molecule has 7 heteroatoms. The van der Waals surface area contributed by atoms with E-state index >= 15 is 0 Å². The fourth-order valence-corrected chi connectivity index (χ4v) is 2.38. The lowest BCUT2D eigenvalue weighted by Crippen LogP contribution is -2.09. The molecule has 2 aromatic heterocycles. The third-order valence-corrected chi connectivity index (χ3v) is 3.37. The van der Waals surface area contributed by atoms with Gasteiger partial charge in [-0.25, -0.2) is 9.78 Å². The molecule has 0 bridgehead atoms. The molecule has 0 saturated heterocycles. The molecule has 0 aliphatic heterocycles. The van der Waals surface area contributed by atoms with Crippen molar-refractivity contribution in [3.63, 3.8) is 0 Å². The van der Waals surface area contributed by atoms with E-state index in [9.17, 15) is 4.79 Å². The third kappa shape index (κ3) is 3.11. The van der Waals surface area contributed by atoms with Crippen LogP contribution >= 0.6 is 11.3 Å². The zero-order valence-electron chi connectivity index (χ0n) is 11.1. The molecule has 6 nitrogen and oxygen atoms in total. The van der Waals surface area contributed by atoms with Crippen molar-refractivity contribution in [3.05, 3.63) is 28.7 Å². The number of carbonyl (C=O) groups is 1. The van der Waals surface area contributed by atoms with Gasteiger partial charge in [0.05, 0.1) is 17.8 Å². The van der Waals surface area contributed by atoms with Crippen molar-refractivity contribution in [2.45, 2.75) is 20.4 Å². The molecule has 0 aromatic carbocycles. The van der Waals surface area contributed by atoms with Gasteiger partial charge >= 0.3 is 5.97 Å². The zero-order chi connectivity index (χ0) is 13.8. The number of rotatable bonds is 5. The molecule has 0 saturated carbocycles. The first-order valence-corrected chi connectivity index (χ1v) is 6.83. The number of hydrogen-bond acceptors (Lipinski definition) is 6. The topological polar surface area (TPSA) is 69.0 Å². The van der Waals surface area contributed by atoms with Crippen LogP contribution in [0, 0.1) is 6.92 Å². The first kappa shape index (κ1) is 13.5. The molecule has 0 spiro atoms. The SMILES string of the molecule is CCOC(=O)c1ncsc1NCc1cn(C)nc1C. The Morgan fingerprint density at radius 2 is 2.37 bits per heavy atom. The van der Waals surface area contributed by atoms with Gasteiger partial charge in [0.2, 0.25) is 0 Å². The van der Waals surface area contributed by atoms with Gasteiger partial charge in [-0.15, -0.1) is 11.3 Å². The quantitative estimate of drug-likeness (QED) is 0.848. The van der Waals surface area contributed by atoms with Crippen LogP contribution < -0.4 is 5.32 Å². The molecule has 0 aliphatic rings. The number of ether oxygens (including phenoxy) is 1. The second kappa shape index (κ2) is 5.83. The predicted octanol–water partition coefficient (Wildman–Crippen LogP) is 1.97. The number of hydrogen-bond donors (Lipinski definition) is 1.